The van der Waals surface area contributed by atoms with Gasteiger partial charge in [-0.05, 0) is 62.5 Å². The van der Waals surface area contributed by atoms with Gasteiger partial charge in [-0.3, -0.25) is 9.59 Å². The van der Waals surface area contributed by atoms with Crippen LogP contribution in [0.25, 0.3) is 10.9 Å². The van der Waals surface area contributed by atoms with Gasteiger partial charge in [-0.1, -0.05) is 30.0 Å². The zero-order chi connectivity index (χ0) is 19.1. The van der Waals surface area contributed by atoms with Crippen molar-refractivity contribution < 1.29 is 9.59 Å². The lowest BCUT2D eigenvalue weighted by Crippen LogP contribution is -2.39. The van der Waals surface area contributed by atoms with Crippen LogP contribution in [0.2, 0.25) is 0 Å². The molecule has 3 saturated carbocycles. The molecule has 28 heavy (non-hydrogen) atoms. The van der Waals surface area contributed by atoms with Crippen LogP contribution < -0.4 is 10.6 Å². The minimum absolute atomic E-state index is 0.0464. The number of nitrogens with zero attached hydrogens (tertiary/aromatic N) is 1. The highest BCUT2D eigenvalue weighted by Gasteiger charge is 2.42. The number of carbonyl (C=O) groups is 2. The Balaban J connectivity index is 1.29. The Kier molecular flexibility index (Phi) is 4.75. The Morgan fingerprint density at radius 1 is 1.07 bits per heavy atom. The monoisotopic (exact) mass is 395 g/mol. The lowest BCUT2D eigenvalue weighted by Gasteiger charge is -2.17. The molecule has 0 spiro atoms. The molecule has 0 atom stereocenters. The van der Waals surface area contributed by atoms with E-state index in [0.29, 0.717) is 35.2 Å². The average Bonchev–Trinajstić information content (AvgIpc) is 3.56. The third-order valence-electron chi connectivity index (χ3n) is 5.79. The molecule has 0 bridgehead atoms. The fourth-order valence-electron chi connectivity index (χ4n) is 3.80. The first kappa shape index (κ1) is 18.0. The normalized spacial score (nSPS) is 19.0. The van der Waals surface area contributed by atoms with Crippen molar-refractivity contribution in [3.8, 4) is 0 Å². The molecule has 0 unspecified atom stereocenters. The molecule has 2 N–H and O–H groups in total. The Labute approximate surface area is 169 Å². The average molecular weight is 396 g/mol. The van der Waals surface area contributed by atoms with Gasteiger partial charge in [0, 0.05) is 17.5 Å². The van der Waals surface area contributed by atoms with Crippen LogP contribution in [0.1, 0.15) is 48.9 Å². The number of hydrogen-bond acceptors (Lipinski definition) is 4. The van der Waals surface area contributed by atoms with Crippen molar-refractivity contribution in [3.63, 3.8) is 0 Å². The number of fused-ring (bicyclic) bond motifs is 1. The molecule has 6 heteroatoms. The van der Waals surface area contributed by atoms with Crippen LogP contribution in [0.3, 0.4) is 0 Å². The van der Waals surface area contributed by atoms with Crippen LogP contribution in [0.5, 0.6) is 0 Å². The van der Waals surface area contributed by atoms with E-state index in [1.807, 2.05) is 30.3 Å². The molecule has 1 aromatic carbocycles. The van der Waals surface area contributed by atoms with E-state index in [-0.39, 0.29) is 11.8 Å². The number of nitrogens with one attached hydrogen (secondary N) is 2. The summed E-state index contributed by atoms with van der Waals surface area (Å²) in [7, 11) is 0. The molecular weight excluding hydrogens is 370 g/mol. The summed E-state index contributed by atoms with van der Waals surface area (Å²) < 4.78 is 0. The quantitative estimate of drug-likeness (QED) is 0.671. The van der Waals surface area contributed by atoms with Gasteiger partial charge in [-0.15, -0.1) is 0 Å². The number of carbonyl (C=O) groups excluding carboxylic acids is 2. The molecule has 3 aliphatic carbocycles. The number of rotatable bonds is 8. The largest absolute Gasteiger partial charge is 0.352 e. The van der Waals surface area contributed by atoms with Crippen molar-refractivity contribution in [1.82, 2.24) is 15.6 Å². The summed E-state index contributed by atoms with van der Waals surface area (Å²) in [4.78, 5) is 29.8. The number of amides is 2. The number of pyridine rings is 1. The number of aromatic nitrogens is 1. The van der Waals surface area contributed by atoms with Crippen molar-refractivity contribution in [2.24, 2.45) is 11.8 Å². The SMILES string of the molecule is O=C(CSc1cc(C(=O)NC2CC2)c2ccccc2n1)NC(C1CC1)C1CC1. The molecule has 1 aromatic heterocycles. The van der Waals surface area contributed by atoms with Gasteiger partial charge in [-0.25, -0.2) is 4.98 Å². The topological polar surface area (TPSA) is 71.1 Å². The predicted molar refractivity (Wildman–Crippen MR) is 110 cm³/mol. The lowest BCUT2D eigenvalue weighted by molar-refractivity contribution is -0.119. The van der Waals surface area contributed by atoms with E-state index in [0.717, 1.165) is 28.8 Å². The van der Waals surface area contributed by atoms with Gasteiger partial charge in [-0.2, -0.15) is 0 Å². The van der Waals surface area contributed by atoms with Crippen molar-refractivity contribution in [3.05, 3.63) is 35.9 Å². The summed E-state index contributed by atoms with van der Waals surface area (Å²) >= 11 is 1.41. The highest BCUT2D eigenvalue weighted by molar-refractivity contribution is 7.99. The lowest BCUT2D eigenvalue weighted by atomic mass is 10.1. The third-order valence-corrected chi connectivity index (χ3v) is 6.70. The third kappa shape index (κ3) is 4.17. The van der Waals surface area contributed by atoms with Crippen LogP contribution in [0, 0.1) is 11.8 Å². The summed E-state index contributed by atoms with van der Waals surface area (Å²) in [5.74, 6) is 1.75. The Morgan fingerprint density at radius 3 is 2.46 bits per heavy atom. The maximum Gasteiger partial charge on any atom is 0.252 e. The Bertz CT molecular complexity index is 907. The maximum atomic E-state index is 12.7. The molecule has 3 aliphatic rings. The molecule has 3 fully saturated rings. The minimum Gasteiger partial charge on any atom is -0.352 e. The first-order chi connectivity index (χ1) is 13.7. The Hall–Kier alpha value is -2.08. The fraction of sp³-hybridized carbons (Fsp3) is 0.500. The zero-order valence-electron chi connectivity index (χ0n) is 15.8. The number of para-hydroxylation sites is 1. The van der Waals surface area contributed by atoms with E-state index in [9.17, 15) is 9.59 Å². The second-order valence-corrected chi connectivity index (χ2v) is 9.33. The van der Waals surface area contributed by atoms with Crippen molar-refractivity contribution in [1.29, 1.82) is 0 Å². The molecule has 0 saturated heterocycles. The van der Waals surface area contributed by atoms with E-state index in [1.165, 1.54) is 37.4 Å². The van der Waals surface area contributed by atoms with Gasteiger partial charge < -0.3 is 10.6 Å². The van der Waals surface area contributed by atoms with E-state index in [2.05, 4.69) is 15.6 Å². The van der Waals surface area contributed by atoms with Gasteiger partial charge in [0.1, 0.15) is 0 Å². The van der Waals surface area contributed by atoms with Crippen LogP contribution in [0.15, 0.2) is 35.4 Å². The van der Waals surface area contributed by atoms with Gasteiger partial charge >= 0.3 is 0 Å². The fourth-order valence-corrected chi connectivity index (χ4v) is 4.53. The molecule has 1 heterocycles. The molecule has 146 valence electrons. The zero-order valence-corrected chi connectivity index (χ0v) is 16.6. The molecule has 5 rings (SSSR count). The molecule has 0 aliphatic heterocycles. The standard InChI is InChI=1S/C22H25N3O2S/c26-19(25-21(13-5-6-13)14-7-8-14)12-28-20-11-17(22(27)23-15-9-10-15)16-3-1-2-4-18(16)24-20/h1-4,11,13-15,21H,5-10,12H2,(H,23,27)(H,25,26). The van der Waals surface area contributed by atoms with Crippen molar-refractivity contribution >= 4 is 34.5 Å². The van der Waals surface area contributed by atoms with Gasteiger partial charge in [0.25, 0.3) is 5.91 Å². The summed E-state index contributed by atoms with van der Waals surface area (Å²) in [6.07, 6.45) is 7.11. The summed E-state index contributed by atoms with van der Waals surface area (Å²) in [6.45, 7) is 0. The molecule has 0 radical (unpaired) electrons. The van der Waals surface area contributed by atoms with Crippen molar-refractivity contribution in [2.75, 3.05) is 5.75 Å². The van der Waals surface area contributed by atoms with Crippen LogP contribution in [0.4, 0.5) is 0 Å². The van der Waals surface area contributed by atoms with Crippen molar-refractivity contribution in [2.45, 2.75) is 55.6 Å². The van der Waals surface area contributed by atoms with Gasteiger partial charge in [0.2, 0.25) is 5.91 Å². The summed E-state index contributed by atoms with van der Waals surface area (Å²) in [6, 6.07) is 10.2. The molecule has 2 amide bonds. The van der Waals surface area contributed by atoms with E-state index in [1.54, 1.807) is 0 Å². The van der Waals surface area contributed by atoms with Crippen LogP contribution >= 0.6 is 11.8 Å². The van der Waals surface area contributed by atoms with Gasteiger partial charge in [0.05, 0.1) is 21.9 Å². The second-order valence-electron chi connectivity index (χ2n) is 8.33. The van der Waals surface area contributed by atoms with Crippen LogP contribution in [-0.2, 0) is 4.79 Å². The molecule has 2 aromatic rings. The second kappa shape index (κ2) is 7.39. The molecular formula is C22H25N3O2S. The van der Waals surface area contributed by atoms with E-state index >= 15 is 0 Å². The first-order valence-electron chi connectivity index (χ1n) is 10.3. The number of hydrogen-bond donors (Lipinski definition) is 2. The number of benzene rings is 1. The first-order valence-corrected chi connectivity index (χ1v) is 11.3. The number of thioether (sulfide) groups is 1. The minimum atomic E-state index is -0.0464. The predicted octanol–water partition coefficient (Wildman–Crippen LogP) is 3.52. The summed E-state index contributed by atoms with van der Waals surface area (Å²) in [5.41, 5.74) is 1.44. The summed E-state index contributed by atoms with van der Waals surface area (Å²) in [5, 5.41) is 7.90. The van der Waals surface area contributed by atoms with Gasteiger partial charge in [0.15, 0.2) is 0 Å². The Morgan fingerprint density at radius 2 is 1.79 bits per heavy atom. The smallest absolute Gasteiger partial charge is 0.252 e. The molecule has 5 nitrogen and oxygen atoms in total. The highest BCUT2D eigenvalue weighted by Crippen LogP contribution is 2.44. The van der Waals surface area contributed by atoms with E-state index < -0.39 is 0 Å². The maximum absolute atomic E-state index is 12.7. The van der Waals surface area contributed by atoms with E-state index in [4.69, 9.17) is 0 Å². The van der Waals surface area contributed by atoms with Crippen LogP contribution in [-0.4, -0.2) is 34.6 Å². The highest BCUT2D eigenvalue weighted by atomic mass is 32.2.